The standard InChI is InChI=1S/C25H27N3O/c26-22-14-16-28(17-15-22)24-9-5-4-8-23(24)25(29)27-18-19-10-12-21(13-11-19)20-6-2-1-3-7-20/h1-13,22H,14-18,26H2,(H,27,29). The Hall–Kier alpha value is -3.11. The van der Waals surface area contributed by atoms with Gasteiger partial charge in [0.1, 0.15) is 0 Å². The highest BCUT2D eigenvalue weighted by atomic mass is 16.1. The lowest BCUT2D eigenvalue weighted by molar-refractivity contribution is 0.0951. The molecule has 29 heavy (non-hydrogen) atoms. The summed E-state index contributed by atoms with van der Waals surface area (Å²) in [4.78, 5) is 15.1. The van der Waals surface area contributed by atoms with E-state index in [4.69, 9.17) is 5.73 Å². The van der Waals surface area contributed by atoms with Crippen LogP contribution in [-0.2, 0) is 6.54 Å². The molecular weight excluding hydrogens is 358 g/mol. The topological polar surface area (TPSA) is 58.4 Å². The lowest BCUT2D eigenvalue weighted by atomic mass is 10.0. The average Bonchev–Trinajstić information content (AvgIpc) is 2.79. The highest BCUT2D eigenvalue weighted by Gasteiger charge is 2.20. The van der Waals surface area contributed by atoms with Gasteiger partial charge in [0.15, 0.2) is 0 Å². The molecule has 0 atom stereocenters. The number of para-hydroxylation sites is 1. The molecule has 4 heteroatoms. The van der Waals surface area contributed by atoms with E-state index < -0.39 is 0 Å². The summed E-state index contributed by atoms with van der Waals surface area (Å²) in [6.07, 6.45) is 1.92. The second-order valence-corrected chi connectivity index (χ2v) is 7.59. The number of nitrogens with zero attached hydrogens (tertiary/aromatic N) is 1. The maximum absolute atomic E-state index is 12.9. The molecule has 1 saturated heterocycles. The quantitative estimate of drug-likeness (QED) is 0.692. The lowest BCUT2D eigenvalue weighted by Gasteiger charge is -2.33. The number of rotatable bonds is 5. The van der Waals surface area contributed by atoms with Gasteiger partial charge in [-0.3, -0.25) is 4.79 Å². The molecular formula is C25H27N3O. The number of nitrogens with two attached hydrogens (primary N) is 1. The maximum atomic E-state index is 12.9. The first-order valence-electron chi connectivity index (χ1n) is 10.2. The lowest BCUT2D eigenvalue weighted by Crippen LogP contribution is -2.40. The Morgan fingerprint density at radius 1 is 0.862 bits per heavy atom. The Morgan fingerprint density at radius 3 is 2.21 bits per heavy atom. The van der Waals surface area contributed by atoms with E-state index in [2.05, 4.69) is 46.6 Å². The summed E-state index contributed by atoms with van der Waals surface area (Å²) in [6, 6.07) is 26.7. The third-order valence-electron chi connectivity index (χ3n) is 5.54. The van der Waals surface area contributed by atoms with Crippen LogP contribution in [0.5, 0.6) is 0 Å². The summed E-state index contributed by atoms with van der Waals surface area (Å²) in [6.45, 7) is 2.30. The largest absolute Gasteiger partial charge is 0.371 e. The molecule has 1 aliphatic rings. The van der Waals surface area contributed by atoms with Gasteiger partial charge in [-0.2, -0.15) is 0 Å². The van der Waals surface area contributed by atoms with Gasteiger partial charge in [-0.25, -0.2) is 0 Å². The van der Waals surface area contributed by atoms with Crippen molar-refractivity contribution in [2.24, 2.45) is 5.73 Å². The normalized spacial score (nSPS) is 14.6. The third kappa shape index (κ3) is 4.66. The van der Waals surface area contributed by atoms with Crippen LogP contribution in [0.15, 0.2) is 78.9 Å². The van der Waals surface area contributed by atoms with E-state index in [9.17, 15) is 4.79 Å². The van der Waals surface area contributed by atoms with E-state index in [0.717, 1.165) is 42.7 Å². The van der Waals surface area contributed by atoms with Crippen molar-refractivity contribution < 1.29 is 4.79 Å². The predicted octanol–water partition coefficient (Wildman–Crippen LogP) is 4.21. The minimum absolute atomic E-state index is 0.0393. The number of hydrogen-bond donors (Lipinski definition) is 2. The summed E-state index contributed by atoms with van der Waals surface area (Å²) < 4.78 is 0. The summed E-state index contributed by atoms with van der Waals surface area (Å²) in [5, 5.41) is 3.07. The van der Waals surface area contributed by atoms with Crippen LogP contribution in [0.4, 0.5) is 5.69 Å². The van der Waals surface area contributed by atoms with Crippen LogP contribution in [0.3, 0.4) is 0 Å². The third-order valence-corrected chi connectivity index (χ3v) is 5.54. The van der Waals surface area contributed by atoms with Crippen LogP contribution >= 0.6 is 0 Å². The minimum atomic E-state index is -0.0393. The fourth-order valence-electron chi connectivity index (χ4n) is 3.80. The van der Waals surface area contributed by atoms with Gasteiger partial charge in [-0.05, 0) is 41.7 Å². The number of nitrogens with one attached hydrogen (secondary N) is 1. The Bertz CT molecular complexity index is 945. The molecule has 1 aliphatic heterocycles. The van der Waals surface area contributed by atoms with Gasteiger partial charge in [0.2, 0.25) is 0 Å². The Morgan fingerprint density at radius 2 is 1.48 bits per heavy atom. The highest BCUT2D eigenvalue weighted by Crippen LogP contribution is 2.24. The Kier molecular flexibility index (Phi) is 5.92. The molecule has 0 bridgehead atoms. The van der Waals surface area contributed by atoms with Crippen molar-refractivity contribution in [3.05, 3.63) is 90.0 Å². The smallest absolute Gasteiger partial charge is 0.253 e. The van der Waals surface area contributed by atoms with E-state index in [1.54, 1.807) is 0 Å². The van der Waals surface area contributed by atoms with Crippen LogP contribution in [-0.4, -0.2) is 25.0 Å². The molecule has 1 amide bonds. The number of hydrogen-bond acceptors (Lipinski definition) is 3. The van der Waals surface area contributed by atoms with Crippen molar-refractivity contribution in [3.8, 4) is 11.1 Å². The first-order valence-corrected chi connectivity index (χ1v) is 10.2. The van der Waals surface area contributed by atoms with Gasteiger partial charge < -0.3 is 16.0 Å². The van der Waals surface area contributed by atoms with Crippen molar-refractivity contribution in [1.82, 2.24) is 5.32 Å². The number of amides is 1. The van der Waals surface area contributed by atoms with Gasteiger partial charge >= 0.3 is 0 Å². The molecule has 3 N–H and O–H groups in total. The highest BCUT2D eigenvalue weighted by molar-refractivity contribution is 5.99. The molecule has 0 aromatic heterocycles. The SMILES string of the molecule is NC1CCN(c2ccccc2C(=O)NCc2ccc(-c3ccccc3)cc2)CC1. The van der Waals surface area contributed by atoms with Crippen LogP contribution in [0, 0.1) is 0 Å². The second kappa shape index (κ2) is 8.93. The first-order chi connectivity index (χ1) is 14.2. The predicted molar refractivity (Wildman–Crippen MR) is 119 cm³/mol. The summed E-state index contributed by atoms with van der Waals surface area (Å²) >= 11 is 0. The van der Waals surface area contributed by atoms with Crippen molar-refractivity contribution in [1.29, 1.82) is 0 Å². The molecule has 0 unspecified atom stereocenters. The summed E-state index contributed by atoms with van der Waals surface area (Å²) in [5.74, 6) is -0.0393. The number of benzene rings is 3. The Labute approximate surface area is 172 Å². The molecule has 3 aromatic carbocycles. The number of carbonyl (C=O) groups is 1. The monoisotopic (exact) mass is 385 g/mol. The second-order valence-electron chi connectivity index (χ2n) is 7.59. The van der Waals surface area contributed by atoms with Gasteiger partial charge in [-0.1, -0.05) is 66.7 Å². The van der Waals surface area contributed by atoms with Gasteiger partial charge in [0.25, 0.3) is 5.91 Å². The zero-order valence-electron chi connectivity index (χ0n) is 16.6. The molecule has 3 aromatic rings. The average molecular weight is 386 g/mol. The number of piperidine rings is 1. The van der Waals surface area contributed by atoms with Crippen molar-refractivity contribution in [3.63, 3.8) is 0 Å². The fourth-order valence-corrected chi connectivity index (χ4v) is 3.80. The fraction of sp³-hybridized carbons (Fsp3) is 0.240. The zero-order valence-corrected chi connectivity index (χ0v) is 16.6. The number of anilines is 1. The molecule has 1 fully saturated rings. The molecule has 148 valence electrons. The van der Waals surface area contributed by atoms with E-state index in [1.165, 1.54) is 11.1 Å². The molecule has 0 aliphatic carbocycles. The maximum Gasteiger partial charge on any atom is 0.253 e. The van der Waals surface area contributed by atoms with Crippen LogP contribution < -0.4 is 16.0 Å². The molecule has 0 spiro atoms. The van der Waals surface area contributed by atoms with Crippen LogP contribution in [0.25, 0.3) is 11.1 Å². The van der Waals surface area contributed by atoms with E-state index in [-0.39, 0.29) is 11.9 Å². The molecule has 4 rings (SSSR count). The summed E-state index contributed by atoms with van der Waals surface area (Å²) in [7, 11) is 0. The van der Waals surface area contributed by atoms with E-state index in [0.29, 0.717) is 6.54 Å². The van der Waals surface area contributed by atoms with Crippen LogP contribution in [0.2, 0.25) is 0 Å². The Balaban J connectivity index is 1.41. The van der Waals surface area contributed by atoms with Crippen molar-refractivity contribution in [2.75, 3.05) is 18.0 Å². The van der Waals surface area contributed by atoms with E-state index in [1.807, 2.05) is 42.5 Å². The summed E-state index contributed by atoms with van der Waals surface area (Å²) in [5.41, 5.74) is 11.2. The molecule has 4 nitrogen and oxygen atoms in total. The van der Waals surface area contributed by atoms with Gasteiger partial charge in [0, 0.05) is 31.4 Å². The van der Waals surface area contributed by atoms with E-state index >= 15 is 0 Å². The molecule has 0 radical (unpaired) electrons. The molecule has 1 heterocycles. The van der Waals surface area contributed by atoms with Gasteiger partial charge in [-0.15, -0.1) is 0 Å². The van der Waals surface area contributed by atoms with Gasteiger partial charge in [0.05, 0.1) is 5.56 Å². The number of carbonyl (C=O) groups excluding carboxylic acids is 1. The van der Waals surface area contributed by atoms with Crippen LogP contribution in [0.1, 0.15) is 28.8 Å². The molecule has 0 saturated carbocycles. The zero-order chi connectivity index (χ0) is 20.1. The first kappa shape index (κ1) is 19.2. The van der Waals surface area contributed by atoms with Crippen molar-refractivity contribution >= 4 is 11.6 Å². The van der Waals surface area contributed by atoms with Crippen molar-refractivity contribution in [2.45, 2.75) is 25.4 Å². The minimum Gasteiger partial charge on any atom is -0.371 e.